The van der Waals surface area contributed by atoms with Crippen LogP contribution < -0.4 is 5.32 Å². The van der Waals surface area contributed by atoms with E-state index in [1.807, 2.05) is 37.3 Å². The molecule has 30 heavy (non-hydrogen) atoms. The first kappa shape index (κ1) is 19.5. The summed E-state index contributed by atoms with van der Waals surface area (Å²) in [4.78, 5) is 21.4. The molecule has 0 amide bonds. The molecule has 0 aliphatic rings. The summed E-state index contributed by atoms with van der Waals surface area (Å²) in [6.45, 7) is 2.03. The van der Waals surface area contributed by atoms with Crippen LogP contribution in [0.2, 0.25) is 0 Å². The van der Waals surface area contributed by atoms with Gasteiger partial charge in [-0.15, -0.1) is 0 Å². The molecule has 0 radical (unpaired) electrons. The lowest BCUT2D eigenvalue weighted by Gasteiger charge is -2.18. The van der Waals surface area contributed by atoms with Crippen molar-refractivity contribution in [2.45, 2.75) is 13.0 Å². The molecule has 6 heteroatoms. The van der Waals surface area contributed by atoms with Crippen molar-refractivity contribution in [2.24, 2.45) is 0 Å². The summed E-state index contributed by atoms with van der Waals surface area (Å²) in [7, 11) is 1.34. The number of hydrogen-bond acceptors (Lipinski definition) is 5. The van der Waals surface area contributed by atoms with E-state index in [9.17, 15) is 9.18 Å². The number of fused-ring (bicyclic) bond motifs is 1. The van der Waals surface area contributed by atoms with Crippen molar-refractivity contribution in [3.63, 3.8) is 0 Å². The maximum Gasteiger partial charge on any atom is 0.337 e. The summed E-state index contributed by atoms with van der Waals surface area (Å²) in [5, 5.41) is 3.41. The lowest BCUT2D eigenvalue weighted by Crippen LogP contribution is -2.10. The molecule has 4 aromatic rings. The highest BCUT2D eigenvalue weighted by Crippen LogP contribution is 2.30. The monoisotopic (exact) mass is 401 g/mol. The molecule has 1 unspecified atom stereocenters. The fraction of sp³-hybridized carbons (Fsp3) is 0.125. The van der Waals surface area contributed by atoms with Gasteiger partial charge < -0.3 is 10.1 Å². The number of hydrogen-bond donors (Lipinski definition) is 1. The largest absolute Gasteiger partial charge is 0.465 e. The van der Waals surface area contributed by atoms with E-state index in [1.165, 1.54) is 19.2 Å². The normalized spacial score (nSPS) is 11.8. The third kappa shape index (κ3) is 3.98. The minimum absolute atomic E-state index is 0.0408. The van der Waals surface area contributed by atoms with Crippen LogP contribution in [0.5, 0.6) is 0 Å². The molecule has 1 N–H and O–H groups in total. The summed E-state index contributed by atoms with van der Waals surface area (Å²) < 4.78 is 18.2. The summed E-state index contributed by atoms with van der Waals surface area (Å²) in [6, 6.07) is 21.1. The van der Waals surface area contributed by atoms with Gasteiger partial charge in [0.1, 0.15) is 11.5 Å². The van der Waals surface area contributed by atoms with Crippen molar-refractivity contribution in [3.05, 3.63) is 89.7 Å². The summed E-state index contributed by atoms with van der Waals surface area (Å²) in [5.41, 5.74) is 4.02. The molecule has 0 bridgehead atoms. The first-order chi connectivity index (χ1) is 14.5. The molecule has 4 rings (SSSR count). The molecule has 0 aliphatic carbocycles. The van der Waals surface area contributed by atoms with Gasteiger partial charge in [0.2, 0.25) is 0 Å². The predicted octanol–water partition coefficient (Wildman–Crippen LogP) is 5.40. The van der Waals surface area contributed by atoms with Crippen molar-refractivity contribution in [3.8, 4) is 11.3 Å². The molecule has 3 aromatic carbocycles. The van der Waals surface area contributed by atoms with Crippen LogP contribution in [0.3, 0.4) is 0 Å². The van der Waals surface area contributed by atoms with Gasteiger partial charge in [0.15, 0.2) is 5.82 Å². The van der Waals surface area contributed by atoms with Crippen LogP contribution in [-0.4, -0.2) is 23.0 Å². The number of rotatable bonds is 5. The average Bonchev–Trinajstić information content (AvgIpc) is 2.79. The van der Waals surface area contributed by atoms with Crippen molar-refractivity contribution in [1.82, 2.24) is 9.97 Å². The minimum Gasteiger partial charge on any atom is -0.465 e. The number of benzene rings is 3. The molecular formula is C24H20FN3O2. The number of nitrogens with zero attached hydrogens (tertiary/aromatic N) is 2. The number of halogens is 1. The third-order valence-corrected chi connectivity index (χ3v) is 4.86. The predicted molar refractivity (Wildman–Crippen MR) is 115 cm³/mol. The van der Waals surface area contributed by atoms with Gasteiger partial charge in [0.25, 0.3) is 0 Å². The molecule has 1 aromatic heterocycles. The zero-order valence-electron chi connectivity index (χ0n) is 16.6. The average molecular weight is 401 g/mol. The number of methoxy groups -OCH3 is 1. The van der Waals surface area contributed by atoms with Crippen molar-refractivity contribution < 1.29 is 13.9 Å². The summed E-state index contributed by atoms with van der Waals surface area (Å²) >= 11 is 0. The SMILES string of the molecule is COC(=O)c1ccc2nc(-c3ccc(F)cc3)c(NC(C)c3ccccc3)nc2c1. The number of carbonyl (C=O) groups excluding carboxylic acids is 1. The lowest BCUT2D eigenvalue weighted by molar-refractivity contribution is 0.0601. The van der Waals surface area contributed by atoms with Gasteiger partial charge in [-0.2, -0.15) is 0 Å². The van der Waals surface area contributed by atoms with Gasteiger partial charge >= 0.3 is 5.97 Å². The van der Waals surface area contributed by atoms with Gasteiger partial charge in [-0.3, -0.25) is 0 Å². The number of anilines is 1. The number of carbonyl (C=O) groups is 1. The maximum atomic E-state index is 13.4. The van der Waals surface area contributed by atoms with Crippen LogP contribution in [0.4, 0.5) is 10.2 Å². The molecule has 0 aliphatic heterocycles. The van der Waals surface area contributed by atoms with E-state index in [1.54, 1.807) is 30.3 Å². The topological polar surface area (TPSA) is 64.1 Å². The molecule has 1 heterocycles. The fourth-order valence-electron chi connectivity index (χ4n) is 3.24. The Bertz CT molecular complexity index is 1190. The van der Waals surface area contributed by atoms with E-state index in [0.717, 1.165) is 11.1 Å². The Labute approximate surface area is 173 Å². The van der Waals surface area contributed by atoms with Gasteiger partial charge in [-0.25, -0.2) is 19.2 Å². The second kappa shape index (κ2) is 8.29. The molecule has 150 valence electrons. The summed E-state index contributed by atoms with van der Waals surface area (Å²) in [6.07, 6.45) is 0. The molecule has 0 spiro atoms. The maximum absolute atomic E-state index is 13.4. The first-order valence-electron chi connectivity index (χ1n) is 9.52. The minimum atomic E-state index is -0.437. The molecule has 0 saturated heterocycles. The van der Waals surface area contributed by atoms with E-state index in [-0.39, 0.29) is 11.9 Å². The highest BCUT2D eigenvalue weighted by Gasteiger charge is 2.16. The zero-order valence-corrected chi connectivity index (χ0v) is 16.6. The van der Waals surface area contributed by atoms with Crippen LogP contribution >= 0.6 is 0 Å². The van der Waals surface area contributed by atoms with Crippen LogP contribution in [0, 0.1) is 5.82 Å². The Kier molecular flexibility index (Phi) is 5.39. The van der Waals surface area contributed by atoms with E-state index in [0.29, 0.717) is 28.1 Å². The number of ether oxygens (including phenoxy) is 1. The van der Waals surface area contributed by atoms with Crippen molar-refractivity contribution >= 4 is 22.8 Å². The van der Waals surface area contributed by atoms with Crippen LogP contribution in [0.15, 0.2) is 72.8 Å². The first-order valence-corrected chi connectivity index (χ1v) is 9.52. The Morgan fingerprint density at radius 3 is 2.40 bits per heavy atom. The van der Waals surface area contributed by atoms with Crippen LogP contribution in [0.1, 0.15) is 28.9 Å². The Hall–Kier alpha value is -3.80. The van der Waals surface area contributed by atoms with E-state index in [4.69, 9.17) is 14.7 Å². The molecule has 1 atom stereocenters. The zero-order chi connectivity index (χ0) is 21.1. The highest BCUT2D eigenvalue weighted by atomic mass is 19.1. The Balaban J connectivity index is 1.83. The number of aromatic nitrogens is 2. The van der Waals surface area contributed by atoms with Crippen molar-refractivity contribution in [1.29, 1.82) is 0 Å². The molecule has 0 saturated carbocycles. The van der Waals surface area contributed by atoms with Crippen LogP contribution in [-0.2, 0) is 4.74 Å². The second-order valence-corrected chi connectivity index (χ2v) is 6.90. The van der Waals surface area contributed by atoms with E-state index < -0.39 is 5.97 Å². The highest BCUT2D eigenvalue weighted by molar-refractivity contribution is 5.94. The van der Waals surface area contributed by atoms with Gasteiger partial charge in [0, 0.05) is 5.56 Å². The summed E-state index contributed by atoms with van der Waals surface area (Å²) in [5.74, 6) is -0.205. The van der Waals surface area contributed by atoms with E-state index in [2.05, 4.69) is 5.32 Å². The molecule has 0 fully saturated rings. The molecular weight excluding hydrogens is 381 g/mol. The van der Waals surface area contributed by atoms with Gasteiger partial charge in [0.05, 0.1) is 29.7 Å². The number of esters is 1. The Morgan fingerprint density at radius 1 is 0.967 bits per heavy atom. The second-order valence-electron chi connectivity index (χ2n) is 6.90. The fourth-order valence-corrected chi connectivity index (χ4v) is 3.24. The van der Waals surface area contributed by atoms with Crippen molar-refractivity contribution in [2.75, 3.05) is 12.4 Å². The molecule has 5 nitrogen and oxygen atoms in total. The van der Waals surface area contributed by atoms with E-state index >= 15 is 0 Å². The van der Waals surface area contributed by atoms with Gasteiger partial charge in [-0.05, 0) is 55.0 Å². The van der Waals surface area contributed by atoms with Gasteiger partial charge in [-0.1, -0.05) is 30.3 Å². The quantitative estimate of drug-likeness (QED) is 0.454. The Morgan fingerprint density at radius 2 is 1.70 bits per heavy atom. The third-order valence-electron chi connectivity index (χ3n) is 4.86. The smallest absolute Gasteiger partial charge is 0.337 e. The number of nitrogens with one attached hydrogen (secondary N) is 1. The standard InChI is InChI=1S/C24H20FN3O2/c1-15(16-6-4-3-5-7-16)26-23-22(17-8-11-19(25)12-9-17)27-20-13-10-18(24(29)30-2)14-21(20)28-23/h3-15H,1-2H3,(H,26,28). The van der Waals surface area contributed by atoms with Crippen LogP contribution in [0.25, 0.3) is 22.3 Å². The lowest BCUT2D eigenvalue weighted by atomic mass is 10.1.